The van der Waals surface area contributed by atoms with Crippen molar-refractivity contribution < 1.29 is 14.9 Å². The van der Waals surface area contributed by atoms with Crippen LogP contribution in [-0.4, -0.2) is 22.4 Å². The predicted molar refractivity (Wildman–Crippen MR) is 61.2 cm³/mol. The van der Waals surface area contributed by atoms with Crippen molar-refractivity contribution in [3.05, 3.63) is 24.7 Å². The molecule has 0 aliphatic carbocycles. The third-order valence-electron chi connectivity index (χ3n) is 1.97. The maximum absolute atomic E-state index is 9.06. The van der Waals surface area contributed by atoms with Crippen LogP contribution < -0.4 is 0 Å². The Morgan fingerprint density at radius 3 is 1.60 bits per heavy atom. The number of allylic oxidation sites excluding steroid dienone is 2. The second-order valence-corrected chi connectivity index (χ2v) is 3.95. The van der Waals surface area contributed by atoms with Crippen LogP contribution in [0.3, 0.4) is 0 Å². The smallest absolute Gasteiger partial charge is 0.0965 e. The Labute approximate surface area is 92.1 Å². The van der Waals surface area contributed by atoms with E-state index in [0.29, 0.717) is 37.2 Å². The maximum Gasteiger partial charge on any atom is 0.0965 e. The topological polar surface area (TPSA) is 49.7 Å². The lowest BCUT2D eigenvalue weighted by molar-refractivity contribution is 0.165. The van der Waals surface area contributed by atoms with Crippen LogP contribution in [0.25, 0.3) is 0 Å². The maximum atomic E-state index is 9.06. The molecule has 0 aliphatic rings. The molecule has 3 heteroatoms. The van der Waals surface area contributed by atoms with Gasteiger partial charge in [0.2, 0.25) is 0 Å². The molecule has 0 fully saturated rings. The van der Waals surface area contributed by atoms with Gasteiger partial charge in [-0.15, -0.1) is 0 Å². The molecule has 2 atom stereocenters. The Bertz CT molecular complexity index is 185. The highest BCUT2D eigenvalue weighted by molar-refractivity contribution is 4.93. The largest absolute Gasteiger partial charge is 0.467 e. The minimum Gasteiger partial charge on any atom is -0.467 e. The number of ether oxygens (including phenoxy) is 1. The van der Waals surface area contributed by atoms with Crippen molar-refractivity contribution in [2.75, 3.05) is 0 Å². The first kappa shape index (κ1) is 14.2. The van der Waals surface area contributed by atoms with Crippen LogP contribution in [0, 0.1) is 0 Å². The summed E-state index contributed by atoms with van der Waals surface area (Å²) in [6.45, 7) is 10.9. The Morgan fingerprint density at radius 1 is 1.00 bits per heavy atom. The lowest BCUT2D eigenvalue weighted by Crippen LogP contribution is -2.03. The summed E-state index contributed by atoms with van der Waals surface area (Å²) >= 11 is 0. The monoisotopic (exact) mass is 214 g/mol. The molecule has 0 spiro atoms. The molecule has 0 rings (SSSR count). The van der Waals surface area contributed by atoms with Gasteiger partial charge in [0.15, 0.2) is 0 Å². The molecule has 88 valence electrons. The summed E-state index contributed by atoms with van der Waals surface area (Å²) in [6, 6.07) is 0. The summed E-state index contributed by atoms with van der Waals surface area (Å²) < 4.78 is 5.34. The molecule has 0 heterocycles. The van der Waals surface area contributed by atoms with E-state index < -0.39 is 0 Å². The van der Waals surface area contributed by atoms with Crippen LogP contribution in [-0.2, 0) is 4.74 Å². The van der Waals surface area contributed by atoms with Crippen LogP contribution in [0.1, 0.15) is 39.5 Å². The molecule has 0 saturated carbocycles. The number of aliphatic hydroxyl groups is 2. The first-order chi connectivity index (χ1) is 6.91. The van der Waals surface area contributed by atoms with Gasteiger partial charge in [-0.05, 0) is 26.7 Å². The van der Waals surface area contributed by atoms with Gasteiger partial charge in [0.1, 0.15) is 0 Å². The van der Waals surface area contributed by atoms with Crippen molar-refractivity contribution >= 4 is 0 Å². The van der Waals surface area contributed by atoms with Crippen LogP contribution in [0.5, 0.6) is 0 Å². The average molecular weight is 214 g/mol. The van der Waals surface area contributed by atoms with Gasteiger partial charge in [-0.25, -0.2) is 0 Å². The van der Waals surface area contributed by atoms with E-state index in [2.05, 4.69) is 13.2 Å². The van der Waals surface area contributed by atoms with E-state index in [1.807, 2.05) is 0 Å². The molecule has 0 radical (unpaired) electrons. The molecule has 0 bridgehead atoms. The molecule has 0 aromatic carbocycles. The van der Waals surface area contributed by atoms with Crippen LogP contribution in [0.15, 0.2) is 24.7 Å². The average Bonchev–Trinajstić information content (AvgIpc) is 2.11. The molecule has 2 N–H and O–H groups in total. The minimum atomic E-state index is -0.337. The van der Waals surface area contributed by atoms with E-state index in [4.69, 9.17) is 14.9 Å². The van der Waals surface area contributed by atoms with Gasteiger partial charge < -0.3 is 14.9 Å². The SMILES string of the molecule is C=C(CCC(C)O)OC(=C)CCC(C)O. The van der Waals surface area contributed by atoms with E-state index in [1.165, 1.54) is 0 Å². The lowest BCUT2D eigenvalue weighted by atomic mass is 10.2. The van der Waals surface area contributed by atoms with Crippen molar-refractivity contribution in [2.45, 2.75) is 51.7 Å². The third kappa shape index (κ3) is 9.50. The first-order valence-corrected chi connectivity index (χ1v) is 5.31. The van der Waals surface area contributed by atoms with Crippen molar-refractivity contribution in [2.24, 2.45) is 0 Å². The zero-order chi connectivity index (χ0) is 11.8. The number of hydrogen-bond acceptors (Lipinski definition) is 3. The van der Waals surface area contributed by atoms with Crippen LogP contribution in [0.2, 0.25) is 0 Å². The Hall–Kier alpha value is -0.800. The van der Waals surface area contributed by atoms with Gasteiger partial charge in [-0.1, -0.05) is 13.2 Å². The van der Waals surface area contributed by atoms with Gasteiger partial charge >= 0.3 is 0 Å². The molecule has 0 saturated heterocycles. The Kier molecular flexibility index (Phi) is 7.09. The predicted octanol–water partition coefficient (Wildman–Crippen LogP) is 2.35. The zero-order valence-corrected chi connectivity index (χ0v) is 9.70. The highest BCUT2D eigenvalue weighted by atomic mass is 16.5. The number of aliphatic hydroxyl groups excluding tert-OH is 2. The standard InChI is InChI=1S/C12H22O3/c1-9(13)5-7-11(3)15-12(4)8-6-10(2)14/h9-10,13-14H,3-8H2,1-2H3. The molecule has 3 nitrogen and oxygen atoms in total. The fraction of sp³-hybridized carbons (Fsp3) is 0.667. The third-order valence-corrected chi connectivity index (χ3v) is 1.97. The summed E-state index contributed by atoms with van der Waals surface area (Å²) in [7, 11) is 0. The molecule has 0 aliphatic heterocycles. The summed E-state index contributed by atoms with van der Waals surface area (Å²) in [5.41, 5.74) is 0. The minimum absolute atomic E-state index is 0.337. The molecule has 2 unspecified atom stereocenters. The van der Waals surface area contributed by atoms with Crippen molar-refractivity contribution in [1.82, 2.24) is 0 Å². The molecule has 0 aromatic heterocycles. The lowest BCUT2D eigenvalue weighted by Gasteiger charge is -2.12. The van der Waals surface area contributed by atoms with Crippen molar-refractivity contribution in [3.63, 3.8) is 0 Å². The first-order valence-electron chi connectivity index (χ1n) is 5.31. The van der Waals surface area contributed by atoms with Gasteiger partial charge in [0.25, 0.3) is 0 Å². The van der Waals surface area contributed by atoms with Crippen LogP contribution in [0.4, 0.5) is 0 Å². The van der Waals surface area contributed by atoms with E-state index in [1.54, 1.807) is 13.8 Å². The number of hydrogen-bond donors (Lipinski definition) is 2. The van der Waals surface area contributed by atoms with E-state index in [9.17, 15) is 0 Å². The van der Waals surface area contributed by atoms with E-state index >= 15 is 0 Å². The molecule has 0 aromatic rings. The fourth-order valence-corrected chi connectivity index (χ4v) is 1.05. The Balaban J connectivity index is 3.63. The number of rotatable bonds is 8. The van der Waals surface area contributed by atoms with Crippen molar-refractivity contribution in [3.8, 4) is 0 Å². The van der Waals surface area contributed by atoms with Gasteiger partial charge in [0.05, 0.1) is 23.7 Å². The highest BCUT2D eigenvalue weighted by Crippen LogP contribution is 2.14. The quantitative estimate of drug-likeness (QED) is 0.610. The highest BCUT2D eigenvalue weighted by Gasteiger charge is 2.04. The molecule has 15 heavy (non-hydrogen) atoms. The normalized spacial score (nSPS) is 14.4. The summed E-state index contributed by atoms with van der Waals surface area (Å²) in [5, 5.41) is 18.1. The molecular weight excluding hydrogens is 192 g/mol. The molecule has 0 amide bonds. The zero-order valence-electron chi connectivity index (χ0n) is 9.70. The summed E-state index contributed by atoms with van der Waals surface area (Å²) in [4.78, 5) is 0. The van der Waals surface area contributed by atoms with Gasteiger partial charge in [0, 0.05) is 12.8 Å². The molecular formula is C12H22O3. The second-order valence-electron chi connectivity index (χ2n) is 3.95. The van der Waals surface area contributed by atoms with Gasteiger partial charge in [-0.2, -0.15) is 0 Å². The summed E-state index contributed by atoms with van der Waals surface area (Å²) in [6.07, 6.45) is 1.87. The van der Waals surface area contributed by atoms with Gasteiger partial charge in [-0.3, -0.25) is 0 Å². The fourth-order valence-electron chi connectivity index (χ4n) is 1.05. The van der Waals surface area contributed by atoms with Crippen LogP contribution >= 0.6 is 0 Å². The van der Waals surface area contributed by atoms with Crippen molar-refractivity contribution in [1.29, 1.82) is 0 Å². The summed E-state index contributed by atoms with van der Waals surface area (Å²) in [5.74, 6) is 1.23. The Morgan fingerprint density at radius 2 is 1.33 bits per heavy atom. The second kappa shape index (κ2) is 7.49. The van der Waals surface area contributed by atoms with E-state index in [-0.39, 0.29) is 12.2 Å². The van der Waals surface area contributed by atoms with E-state index in [0.717, 1.165) is 0 Å².